The fourth-order valence-corrected chi connectivity index (χ4v) is 3.24. The van der Waals surface area contributed by atoms with Gasteiger partial charge in [-0.05, 0) is 39.0 Å². The van der Waals surface area contributed by atoms with Crippen molar-refractivity contribution in [1.82, 2.24) is 10.3 Å². The Labute approximate surface area is 119 Å². The van der Waals surface area contributed by atoms with Gasteiger partial charge in [0.15, 0.2) is 0 Å². The van der Waals surface area contributed by atoms with Crippen LogP contribution in [0.3, 0.4) is 0 Å². The number of carbonyl (C=O) groups is 1. The molecule has 0 aromatic carbocycles. The molecule has 2 rings (SSSR count). The Morgan fingerprint density at radius 2 is 2.37 bits per heavy atom. The molecule has 1 N–H and O–H groups in total. The molecule has 19 heavy (non-hydrogen) atoms. The van der Waals surface area contributed by atoms with Crippen molar-refractivity contribution < 1.29 is 4.79 Å². The lowest BCUT2D eigenvalue weighted by atomic mass is 9.95. The minimum Gasteiger partial charge on any atom is -0.344 e. The Morgan fingerprint density at radius 1 is 1.53 bits per heavy atom. The second-order valence-electron chi connectivity index (χ2n) is 5.36. The van der Waals surface area contributed by atoms with Crippen LogP contribution in [0.4, 0.5) is 0 Å². The molecule has 1 heterocycles. The fourth-order valence-electron chi connectivity index (χ4n) is 2.41. The lowest BCUT2D eigenvalue weighted by molar-refractivity contribution is -0.122. The molecule has 1 amide bonds. The van der Waals surface area contributed by atoms with E-state index in [0.717, 1.165) is 24.3 Å². The van der Waals surface area contributed by atoms with E-state index in [2.05, 4.69) is 30.2 Å². The zero-order valence-electron chi connectivity index (χ0n) is 11.7. The molecule has 1 atom stereocenters. The van der Waals surface area contributed by atoms with Gasteiger partial charge in [-0.25, -0.2) is 4.98 Å². The molecule has 1 aromatic heterocycles. The first-order valence-electron chi connectivity index (χ1n) is 7.03. The largest absolute Gasteiger partial charge is 0.344 e. The van der Waals surface area contributed by atoms with Crippen molar-refractivity contribution in [3.8, 4) is 0 Å². The zero-order chi connectivity index (χ0) is 13.7. The lowest BCUT2D eigenvalue weighted by Crippen LogP contribution is -2.43. The van der Waals surface area contributed by atoms with E-state index >= 15 is 0 Å². The molecule has 0 aliphatic heterocycles. The van der Waals surface area contributed by atoms with E-state index in [0.29, 0.717) is 6.42 Å². The third kappa shape index (κ3) is 3.66. The summed E-state index contributed by atoms with van der Waals surface area (Å²) in [6, 6.07) is 0. The highest BCUT2D eigenvalue weighted by Gasteiger charge is 2.29. The number of allylic oxidation sites excluding steroid dienone is 1. The van der Waals surface area contributed by atoms with Crippen LogP contribution >= 0.6 is 11.3 Å². The Hall–Kier alpha value is -1.16. The molecule has 1 aromatic rings. The molecule has 0 bridgehead atoms. The van der Waals surface area contributed by atoms with Crippen molar-refractivity contribution in [3.05, 3.63) is 28.2 Å². The van der Waals surface area contributed by atoms with Crippen molar-refractivity contribution in [2.45, 2.75) is 57.9 Å². The van der Waals surface area contributed by atoms with Crippen LogP contribution in [0, 0.1) is 0 Å². The highest BCUT2D eigenvalue weighted by Crippen LogP contribution is 2.27. The van der Waals surface area contributed by atoms with Crippen LogP contribution in [-0.2, 0) is 10.3 Å². The van der Waals surface area contributed by atoms with Crippen LogP contribution in [0.5, 0.6) is 0 Å². The van der Waals surface area contributed by atoms with E-state index in [9.17, 15) is 4.79 Å². The van der Waals surface area contributed by atoms with Crippen molar-refractivity contribution >= 4 is 17.2 Å². The summed E-state index contributed by atoms with van der Waals surface area (Å²) in [5.74, 6) is 0.118. The molecule has 0 saturated heterocycles. The molecule has 1 aliphatic carbocycles. The van der Waals surface area contributed by atoms with Crippen LogP contribution in [0.15, 0.2) is 23.2 Å². The number of rotatable bonds is 5. The molecule has 3 nitrogen and oxygen atoms in total. The van der Waals surface area contributed by atoms with Crippen LogP contribution in [0.1, 0.15) is 57.4 Å². The standard InChI is InChI=1S/C15H22N2OS/c1-3-15(2,14-16-9-10-19-14)17-13(18)11-12-7-5-4-6-8-12/h7,9-10H,3-6,8,11H2,1-2H3,(H,17,18). The van der Waals surface area contributed by atoms with Gasteiger partial charge in [-0.2, -0.15) is 0 Å². The summed E-state index contributed by atoms with van der Waals surface area (Å²) in [6.07, 6.45) is 10.1. The topological polar surface area (TPSA) is 42.0 Å². The van der Waals surface area contributed by atoms with E-state index in [1.165, 1.54) is 18.4 Å². The van der Waals surface area contributed by atoms with Gasteiger partial charge in [-0.3, -0.25) is 4.79 Å². The lowest BCUT2D eigenvalue weighted by Gasteiger charge is -2.28. The first kappa shape index (κ1) is 14.3. The first-order valence-corrected chi connectivity index (χ1v) is 7.91. The van der Waals surface area contributed by atoms with Crippen LogP contribution in [0.2, 0.25) is 0 Å². The van der Waals surface area contributed by atoms with E-state index in [1.807, 2.05) is 5.38 Å². The quantitative estimate of drug-likeness (QED) is 0.833. The predicted octanol–water partition coefficient (Wildman–Crippen LogP) is 3.78. The van der Waals surface area contributed by atoms with Gasteiger partial charge in [-0.15, -0.1) is 11.3 Å². The zero-order valence-corrected chi connectivity index (χ0v) is 12.6. The maximum Gasteiger partial charge on any atom is 0.224 e. The normalized spacial score (nSPS) is 18.5. The van der Waals surface area contributed by atoms with Crippen LogP contribution < -0.4 is 5.32 Å². The van der Waals surface area contributed by atoms with Gasteiger partial charge >= 0.3 is 0 Å². The minimum absolute atomic E-state index is 0.118. The number of nitrogens with zero attached hydrogens (tertiary/aromatic N) is 1. The first-order chi connectivity index (χ1) is 9.14. The number of amides is 1. The summed E-state index contributed by atoms with van der Waals surface area (Å²) in [7, 11) is 0. The molecule has 0 spiro atoms. The van der Waals surface area contributed by atoms with Crippen molar-refractivity contribution in [2.24, 2.45) is 0 Å². The number of thiazole rings is 1. The van der Waals surface area contributed by atoms with Gasteiger partial charge in [0.2, 0.25) is 5.91 Å². The molecular weight excluding hydrogens is 256 g/mol. The van der Waals surface area contributed by atoms with Gasteiger partial charge in [0.1, 0.15) is 5.01 Å². The molecular formula is C15H22N2OS. The summed E-state index contributed by atoms with van der Waals surface area (Å²) in [6.45, 7) is 4.14. The number of aromatic nitrogens is 1. The molecule has 0 saturated carbocycles. The number of nitrogens with one attached hydrogen (secondary N) is 1. The molecule has 0 radical (unpaired) electrons. The van der Waals surface area contributed by atoms with E-state index in [-0.39, 0.29) is 11.4 Å². The third-order valence-corrected chi connectivity index (χ3v) is 4.84. The summed E-state index contributed by atoms with van der Waals surface area (Å²) in [5, 5.41) is 6.11. The Morgan fingerprint density at radius 3 is 2.95 bits per heavy atom. The van der Waals surface area contributed by atoms with Gasteiger partial charge in [0, 0.05) is 18.0 Å². The van der Waals surface area contributed by atoms with E-state index in [1.54, 1.807) is 17.5 Å². The van der Waals surface area contributed by atoms with E-state index < -0.39 is 0 Å². The Bertz CT molecular complexity index is 453. The second-order valence-corrected chi connectivity index (χ2v) is 6.25. The molecule has 4 heteroatoms. The third-order valence-electron chi connectivity index (χ3n) is 3.80. The fraction of sp³-hybridized carbons (Fsp3) is 0.600. The number of hydrogen-bond acceptors (Lipinski definition) is 3. The molecule has 1 unspecified atom stereocenters. The van der Waals surface area contributed by atoms with E-state index in [4.69, 9.17) is 0 Å². The summed E-state index contributed by atoms with van der Waals surface area (Å²) in [5.41, 5.74) is 0.960. The Kier molecular flexibility index (Phi) is 4.75. The van der Waals surface area contributed by atoms with Crippen LogP contribution in [-0.4, -0.2) is 10.9 Å². The Balaban J connectivity index is 1.98. The molecule has 104 valence electrons. The summed E-state index contributed by atoms with van der Waals surface area (Å²) in [4.78, 5) is 16.6. The van der Waals surface area contributed by atoms with Gasteiger partial charge in [0.05, 0.1) is 5.54 Å². The average molecular weight is 278 g/mol. The van der Waals surface area contributed by atoms with Crippen LogP contribution in [0.25, 0.3) is 0 Å². The number of hydrogen-bond donors (Lipinski definition) is 1. The predicted molar refractivity (Wildman–Crippen MR) is 79.1 cm³/mol. The summed E-state index contributed by atoms with van der Waals surface area (Å²) < 4.78 is 0. The van der Waals surface area contributed by atoms with Crippen molar-refractivity contribution in [1.29, 1.82) is 0 Å². The summed E-state index contributed by atoms with van der Waals surface area (Å²) >= 11 is 1.60. The maximum absolute atomic E-state index is 12.2. The molecule has 0 fully saturated rings. The SMILES string of the molecule is CCC(C)(NC(=O)CC1=CCCCC1)c1nccs1. The average Bonchev–Trinajstić information content (AvgIpc) is 2.94. The van der Waals surface area contributed by atoms with Gasteiger partial charge in [-0.1, -0.05) is 18.6 Å². The second kappa shape index (κ2) is 6.33. The monoisotopic (exact) mass is 278 g/mol. The number of carbonyl (C=O) groups excluding carboxylic acids is 1. The van der Waals surface area contributed by atoms with Crippen molar-refractivity contribution in [2.75, 3.05) is 0 Å². The van der Waals surface area contributed by atoms with Gasteiger partial charge in [0.25, 0.3) is 0 Å². The van der Waals surface area contributed by atoms with Gasteiger partial charge < -0.3 is 5.32 Å². The molecule has 1 aliphatic rings. The minimum atomic E-state index is -0.333. The smallest absolute Gasteiger partial charge is 0.224 e. The highest BCUT2D eigenvalue weighted by atomic mass is 32.1. The maximum atomic E-state index is 12.2. The van der Waals surface area contributed by atoms with Crippen molar-refractivity contribution in [3.63, 3.8) is 0 Å². The highest BCUT2D eigenvalue weighted by molar-refractivity contribution is 7.09.